The van der Waals surface area contributed by atoms with E-state index in [0.717, 1.165) is 60.4 Å². The smallest absolute Gasteiger partial charge is 0.409 e. The van der Waals surface area contributed by atoms with Crippen molar-refractivity contribution >= 4 is 45.5 Å². The van der Waals surface area contributed by atoms with E-state index < -0.39 is 0 Å². The molecule has 10 nitrogen and oxygen atoms in total. The zero-order valence-electron chi connectivity index (χ0n) is 17.5. The van der Waals surface area contributed by atoms with Gasteiger partial charge in [-0.25, -0.2) is 9.78 Å². The second kappa shape index (κ2) is 7.70. The van der Waals surface area contributed by atoms with E-state index in [-0.39, 0.29) is 6.09 Å². The van der Waals surface area contributed by atoms with Gasteiger partial charge in [0.2, 0.25) is 5.95 Å². The minimum Gasteiger partial charge on any atom is -0.459 e. The molecule has 2 saturated heterocycles. The highest BCUT2D eigenvalue weighted by Crippen LogP contribution is 2.31. The Morgan fingerprint density at radius 3 is 2.91 bits per heavy atom. The number of piperidine rings is 1. The van der Waals surface area contributed by atoms with Gasteiger partial charge in [0.25, 0.3) is 0 Å². The van der Waals surface area contributed by atoms with Gasteiger partial charge in [0.05, 0.1) is 24.5 Å². The summed E-state index contributed by atoms with van der Waals surface area (Å²) in [6, 6.07) is 7.82. The summed E-state index contributed by atoms with van der Waals surface area (Å²) in [5.74, 6) is 1.78. The van der Waals surface area contributed by atoms with Crippen molar-refractivity contribution in [2.75, 3.05) is 43.0 Å². The van der Waals surface area contributed by atoms with Gasteiger partial charge in [-0.05, 0) is 37.0 Å². The van der Waals surface area contributed by atoms with Crippen LogP contribution in [0, 0.1) is 5.92 Å². The molecule has 32 heavy (non-hydrogen) atoms. The summed E-state index contributed by atoms with van der Waals surface area (Å²) < 4.78 is 10.8. The largest absolute Gasteiger partial charge is 0.459 e. The van der Waals surface area contributed by atoms with Crippen LogP contribution in [0.15, 0.2) is 41.1 Å². The highest BCUT2D eigenvalue weighted by atomic mass is 16.6. The molecule has 2 fully saturated rings. The summed E-state index contributed by atoms with van der Waals surface area (Å²) in [6.45, 7) is 3.64. The number of aromatic amines is 1. The molecule has 0 radical (unpaired) electrons. The maximum Gasteiger partial charge on any atom is 0.409 e. The number of aromatic nitrogens is 4. The van der Waals surface area contributed by atoms with E-state index in [2.05, 4.69) is 25.4 Å². The number of benzene rings is 1. The van der Waals surface area contributed by atoms with Crippen molar-refractivity contribution in [1.82, 2.24) is 25.1 Å². The quantitative estimate of drug-likeness (QED) is 0.492. The molecule has 2 aliphatic rings. The average Bonchev–Trinajstić information content (AvgIpc) is 3.55. The number of carbonyl (C=O) groups is 1. The Hall–Kier alpha value is -3.82. The fourth-order valence-corrected chi connectivity index (χ4v) is 4.49. The molecular formula is C22H23N7O3. The van der Waals surface area contributed by atoms with Crippen molar-refractivity contribution < 1.29 is 13.9 Å². The highest BCUT2D eigenvalue weighted by molar-refractivity contribution is 5.86. The van der Waals surface area contributed by atoms with E-state index in [0.29, 0.717) is 30.6 Å². The zero-order valence-corrected chi connectivity index (χ0v) is 17.5. The zero-order chi connectivity index (χ0) is 21.5. The number of hydrogen-bond donors (Lipinski definition) is 2. The van der Waals surface area contributed by atoms with Gasteiger partial charge < -0.3 is 24.3 Å². The normalized spacial score (nSPS) is 17.4. The molecule has 0 unspecified atom stereocenters. The highest BCUT2D eigenvalue weighted by Gasteiger charge is 2.29. The molecule has 0 spiro atoms. The fourth-order valence-electron chi connectivity index (χ4n) is 4.49. The number of cyclic esters (lactones) is 1. The Bertz CT molecular complexity index is 1280. The van der Waals surface area contributed by atoms with Crippen molar-refractivity contribution in [3.05, 3.63) is 36.7 Å². The first-order valence-corrected chi connectivity index (χ1v) is 10.8. The first kappa shape index (κ1) is 18.9. The van der Waals surface area contributed by atoms with Crippen LogP contribution in [-0.2, 0) is 4.74 Å². The molecule has 2 aliphatic heterocycles. The second-order valence-corrected chi connectivity index (χ2v) is 8.29. The van der Waals surface area contributed by atoms with E-state index in [9.17, 15) is 4.79 Å². The standard InChI is InChI=1S/C22H23N7O3/c30-22-29(8-10-32-22)13-14-3-6-28(7-4-14)20-19-17(5-9-31-19)25-21(26-20)24-16-2-1-15-12-23-27-18(15)11-16/h1-2,5,9,11-12,14H,3-4,6-8,10,13H2,(H,23,27)(H,24,25,26). The lowest BCUT2D eigenvalue weighted by molar-refractivity contribution is 0.152. The number of rotatable bonds is 5. The van der Waals surface area contributed by atoms with Crippen molar-refractivity contribution in [3.63, 3.8) is 0 Å². The molecule has 10 heteroatoms. The molecule has 4 aromatic rings. The molecule has 1 amide bonds. The molecule has 3 aromatic heterocycles. The SMILES string of the molecule is O=C1OCCN1CC1CCN(c2nc(Nc3ccc4cn[nH]c4c3)nc3ccoc23)CC1. The third-order valence-electron chi connectivity index (χ3n) is 6.22. The molecule has 2 N–H and O–H groups in total. The van der Waals surface area contributed by atoms with E-state index in [1.807, 2.05) is 29.2 Å². The summed E-state index contributed by atoms with van der Waals surface area (Å²) in [5.41, 5.74) is 3.29. The van der Waals surface area contributed by atoms with Crippen molar-refractivity contribution in [3.8, 4) is 0 Å². The molecule has 0 saturated carbocycles. The molecule has 0 bridgehead atoms. The number of hydrogen-bond acceptors (Lipinski definition) is 8. The third kappa shape index (κ3) is 3.47. The predicted octanol–water partition coefficient (Wildman–Crippen LogP) is 3.51. The Labute approximate surface area is 183 Å². The topological polar surface area (TPSA) is 112 Å². The first-order chi connectivity index (χ1) is 15.7. The minimum absolute atomic E-state index is 0.190. The summed E-state index contributed by atoms with van der Waals surface area (Å²) in [7, 11) is 0. The average molecular weight is 433 g/mol. The van der Waals surface area contributed by atoms with Crippen LogP contribution in [0.1, 0.15) is 12.8 Å². The Morgan fingerprint density at radius 2 is 2.06 bits per heavy atom. The number of furan rings is 1. The van der Waals surface area contributed by atoms with Gasteiger partial charge in [0.1, 0.15) is 12.1 Å². The second-order valence-electron chi connectivity index (χ2n) is 8.29. The van der Waals surface area contributed by atoms with Gasteiger partial charge in [-0.15, -0.1) is 0 Å². The molecule has 164 valence electrons. The molecule has 5 heterocycles. The fraction of sp³-hybridized carbons (Fsp3) is 0.364. The molecule has 0 aliphatic carbocycles. The van der Waals surface area contributed by atoms with Gasteiger partial charge in [0, 0.05) is 36.8 Å². The lowest BCUT2D eigenvalue weighted by Gasteiger charge is -2.34. The number of nitrogens with zero attached hydrogens (tertiary/aromatic N) is 5. The van der Waals surface area contributed by atoms with Crippen LogP contribution >= 0.6 is 0 Å². The van der Waals surface area contributed by atoms with Crippen LogP contribution in [0.25, 0.3) is 22.0 Å². The summed E-state index contributed by atoms with van der Waals surface area (Å²) in [5, 5.41) is 11.4. The van der Waals surface area contributed by atoms with Gasteiger partial charge in [-0.2, -0.15) is 10.1 Å². The predicted molar refractivity (Wildman–Crippen MR) is 119 cm³/mol. The molecule has 1 aromatic carbocycles. The van der Waals surface area contributed by atoms with Crippen LogP contribution < -0.4 is 10.2 Å². The number of nitrogens with one attached hydrogen (secondary N) is 2. The first-order valence-electron chi connectivity index (χ1n) is 10.8. The summed E-state index contributed by atoms with van der Waals surface area (Å²) in [6.07, 6.45) is 5.21. The lowest BCUT2D eigenvalue weighted by atomic mass is 9.96. The van der Waals surface area contributed by atoms with Crippen molar-refractivity contribution in [2.24, 2.45) is 5.92 Å². The van der Waals surface area contributed by atoms with Gasteiger partial charge in [-0.1, -0.05) is 0 Å². The number of H-pyrrole nitrogens is 1. The Kier molecular flexibility index (Phi) is 4.55. The number of anilines is 3. The molecular weight excluding hydrogens is 410 g/mol. The maximum atomic E-state index is 11.7. The monoisotopic (exact) mass is 433 g/mol. The Morgan fingerprint density at radius 1 is 1.16 bits per heavy atom. The Balaban J connectivity index is 1.21. The molecule has 6 rings (SSSR count). The van der Waals surface area contributed by atoms with Gasteiger partial charge in [0.15, 0.2) is 11.4 Å². The number of amides is 1. The van der Waals surface area contributed by atoms with Crippen LogP contribution in [0.2, 0.25) is 0 Å². The van der Waals surface area contributed by atoms with Crippen LogP contribution in [0.4, 0.5) is 22.2 Å². The van der Waals surface area contributed by atoms with Crippen molar-refractivity contribution in [1.29, 1.82) is 0 Å². The van der Waals surface area contributed by atoms with E-state index in [4.69, 9.17) is 14.1 Å². The van der Waals surface area contributed by atoms with Gasteiger partial charge in [-0.3, -0.25) is 5.10 Å². The van der Waals surface area contributed by atoms with Crippen molar-refractivity contribution in [2.45, 2.75) is 12.8 Å². The maximum absolute atomic E-state index is 11.7. The summed E-state index contributed by atoms with van der Waals surface area (Å²) >= 11 is 0. The number of ether oxygens (including phenoxy) is 1. The van der Waals surface area contributed by atoms with E-state index in [1.54, 1.807) is 12.5 Å². The van der Waals surface area contributed by atoms with Crippen LogP contribution in [-0.4, -0.2) is 63.9 Å². The lowest BCUT2D eigenvalue weighted by Crippen LogP contribution is -2.39. The third-order valence-corrected chi connectivity index (χ3v) is 6.22. The van der Waals surface area contributed by atoms with Crippen LogP contribution in [0.5, 0.6) is 0 Å². The van der Waals surface area contributed by atoms with Crippen LogP contribution in [0.3, 0.4) is 0 Å². The van der Waals surface area contributed by atoms with Gasteiger partial charge >= 0.3 is 6.09 Å². The van der Waals surface area contributed by atoms with E-state index >= 15 is 0 Å². The summed E-state index contributed by atoms with van der Waals surface area (Å²) in [4.78, 5) is 25.2. The number of fused-ring (bicyclic) bond motifs is 2. The minimum atomic E-state index is -0.190. The molecule has 0 atom stereocenters. The van der Waals surface area contributed by atoms with E-state index in [1.165, 1.54) is 0 Å². The number of carbonyl (C=O) groups excluding carboxylic acids is 1.